The van der Waals surface area contributed by atoms with Crippen LogP contribution in [-0.4, -0.2) is 0 Å². The van der Waals surface area contributed by atoms with E-state index in [0.717, 1.165) is 37.9 Å². The highest BCUT2D eigenvalue weighted by Crippen LogP contribution is 2.43. The number of alkyl halides is 6. The van der Waals surface area contributed by atoms with E-state index in [9.17, 15) is 26.3 Å². The van der Waals surface area contributed by atoms with Crippen LogP contribution in [0.1, 0.15) is 11.1 Å². The summed E-state index contributed by atoms with van der Waals surface area (Å²) >= 11 is 6.62. The summed E-state index contributed by atoms with van der Waals surface area (Å²) in [4.78, 5) is 0. The van der Waals surface area contributed by atoms with Crippen LogP contribution in [0.5, 0.6) is 0 Å². The maximum Gasteiger partial charge on any atom is 0.416 e. The first kappa shape index (κ1) is 23.6. The molecular weight excluding hydrogens is 510 g/mol. The molecular formula is C30H15ClF6. The lowest BCUT2D eigenvalue weighted by molar-refractivity contribution is -0.143. The van der Waals surface area contributed by atoms with E-state index >= 15 is 0 Å². The van der Waals surface area contributed by atoms with Crippen LogP contribution in [0, 0.1) is 0 Å². The number of hydrogen-bond acceptors (Lipinski definition) is 0. The quantitative estimate of drug-likeness (QED) is 0.156. The smallest absolute Gasteiger partial charge is 0.166 e. The lowest BCUT2D eigenvalue weighted by Crippen LogP contribution is -2.11. The van der Waals surface area contributed by atoms with Gasteiger partial charge < -0.3 is 0 Å². The summed E-state index contributed by atoms with van der Waals surface area (Å²) in [6.07, 6.45) is -9.86. The van der Waals surface area contributed by atoms with Gasteiger partial charge in [0.1, 0.15) is 0 Å². The lowest BCUT2D eigenvalue weighted by Gasteiger charge is -2.16. The highest BCUT2D eigenvalue weighted by Gasteiger charge is 2.37. The van der Waals surface area contributed by atoms with Gasteiger partial charge in [-0.3, -0.25) is 0 Å². The van der Waals surface area contributed by atoms with Gasteiger partial charge in [-0.15, -0.1) is 0 Å². The maximum atomic E-state index is 13.3. The molecule has 6 rings (SSSR count). The standard InChI is InChI=1S/C30H15ClF6/c31-26-14-19(20-12-21(29(32,33)34)15-22(13-20)30(35,36)37)8-10-24(26)23-9-6-18-5-4-16-2-1-3-17-7-11-25(23)28(18)27(16)17/h1-15H. The Labute approximate surface area is 212 Å². The van der Waals surface area contributed by atoms with E-state index in [2.05, 4.69) is 6.07 Å². The van der Waals surface area contributed by atoms with E-state index < -0.39 is 23.5 Å². The van der Waals surface area contributed by atoms with Crippen LogP contribution >= 0.6 is 11.6 Å². The van der Waals surface area contributed by atoms with Crippen LogP contribution in [0.3, 0.4) is 0 Å². The van der Waals surface area contributed by atoms with Crippen LogP contribution in [-0.2, 0) is 12.4 Å². The Morgan fingerprint density at radius 3 is 1.62 bits per heavy atom. The topological polar surface area (TPSA) is 0 Å². The number of hydrogen-bond donors (Lipinski definition) is 0. The van der Waals surface area contributed by atoms with E-state index in [1.807, 2.05) is 48.5 Å². The fraction of sp³-hybridized carbons (Fsp3) is 0.0667. The Morgan fingerprint density at radius 1 is 0.486 bits per heavy atom. The van der Waals surface area contributed by atoms with Crippen molar-refractivity contribution in [3.8, 4) is 22.3 Å². The van der Waals surface area contributed by atoms with Gasteiger partial charge in [0.2, 0.25) is 0 Å². The molecule has 0 atom stereocenters. The van der Waals surface area contributed by atoms with Gasteiger partial charge in [-0.25, -0.2) is 0 Å². The Bertz CT molecular complexity index is 1770. The van der Waals surface area contributed by atoms with Crippen LogP contribution in [0.25, 0.3) is 54.6 Å². The molecule has 0 fully saturated rings. The summed E-state index contributed by atoms with van der Waals surface area (Å²) in [6, 6.07) is 24.2. The number of rotatable bonds is 2. The van der Waals surface area contributed by atoms with Crippen molar-refractivity contribution in [2.24, 2.45) is 0 Å². The summed E-state index contributed by atoms with van der Waals surface area (Å²) < 4.78 is 80.1. The summed E-state index contributed by atoms with van der Waals surface area (Å²) in [6.45, 7) is 0. The van der Waals surface area contributed by atoms with Crippen LogP contribution in [0.2, 0.25) is 5.02 Å². The van der Waals surface area contributed by atoms with Gasteiger partial charge in [0, 0.05) is 10.6 Å². The van der Waals surface area contributed by atoms with Crippen LogP contribution in [0.4, 0.5) is 26.3 Å². The highest BCUT2D eigenvalue weighted by molar-refractivity contribution is 6.34. The maximum absolute atomic E-state index is 13.3. The van der Waals surface area contributed by atoms with Crippen molar-refractivity contribution in [2.45, 2.75) is 12.4 Å². The fourth-order valence-electron chi connectivity index (χ4n) is 5.00. The van der Waals surface area contributed by atoms with Gasteiger partial charge in [0.15, 0.2) is 0 Å². The van der Waals surface area contributed by atoms with E-state index in [1.54, 1.807) is 6.07 Å². The van der Waals surface area contributed by atoms with Gasteiger partial charge in [0.25, 0.3) is 0 Å². The Kier molecular flexibility index (Phi) is 5.18. The number of halogens is 7. The fourth-order valence-corrected chi connectivity index (χ4v) is 5.29. The van der Waals surface area contributed by atoms with Crippen molar-refractivity contribution in [2.75, 3.05) is 0 Å². The van der Waals surface area contributed by atoms with E-state index in [1.165, 1.54) is 12.1 Å². The summed E-state index contributed by atoms with van der Waals surface area (Å²) in [5.41, 5.74) is -1.35. The molecule has 0 heterocycles. The van der Waals surface area contributed by atoms with Crippen LogP contribution in [0.15, 0.2) is 91.0 Å². The van der Waals surface area contributed by atoms with Crippen molar-refractivity contribution < 1.29 is 26.3 Å². The third kappa shape index (κ3) is 3.96. The average Bonchev–Trinajstić information content (AvgIpc) is 2.86. The third-order valence-electron chi connectivity index (χ3n) is 6.71. The largest absolute Gasteiger partial charge is 0.416 e. The van der Waals surface area contributed by atoms with Crippen LogP contribution < -0.4 is 0 Å². The molecule has 0 amide bonds. The van der Waals surface area contributed by atoms with Gasteiger partial charge in [0.05, 0.1) is 11.1 Å². The monoisotopic (exact) mass is 524 g/mol. The molecule has 0 radical (unpaired) electrons. The molecule has 0 unspecified atom stereocenters. The van der Waals surface area contributed by atoms with E-state index in [4.69, 9.17) is 11.6 Å². The molecule has 37 heavy (non-hydrogen) atoms. The third-order valence-corrected chi connectivity index (χ3v) is 7.02. The molecule has 0 N–H and O–H groups in total. The SMILES string of the molecule is FC(F)(F)c1cc(-c2ccc(-c3ccc4ccc5cccc6ccc3c4c56)c(Cl)c2)cc(C(F)(F)F)c1. The van der Waals surface area contributed by atoms with Crippen molar-refractivity contribution in [1.29, 1.82) is 0 Å². The minimum absolute atomic E-state index is 0.115. The van der Waals surface area contributed by atoms with E-state index in [-0.39, 0.29) is 22.2 Å². The molecule has 0 saturated heterocycles. The van der Waals surface area contributed by atoms with Crippen molar-refractivity contribution in [3.63, 3.8) is 0 Å². The molecule has 0 spiro atoms. The zero-order valence-corrected chi connectivity index (χ0v) is 19.6. The predicted octanol–water partition coefficient (Wildman–Crippen LogP) is 10.6. The summed E-state index contributed by atoms with van der Waals surface area (Å²) in [7, 11) is 0. The molecule has 7 heteroatoms. The minimum Gasteiger partial charge on any atom is -0.166 e. The normalized spacial score (nSPS) is 12.7. The summed E-state index contributed by atoms with van der Waals surface area (Å²) in [5.74, 6) is 0. The second kappa shape index (κ2) is 8.12. The van der Waals surface area contributed by atoms with Gasteiger partial charge in [-0.1, -0.05) is 78.3 Å². The second-order valence-corrected chi connectivity index (χ2v) is 9.37. The van der Waals surface area contributed by atoms with E-state index in [0.29, 0.717) is 17.7 Å². The highest BCUT2D eigenvalue weighted by atomic mass is 35.5. The molecule has 6 aromatic rings. The first-order valence-corrected chi connectivity index (χ1v) is 11.6. The van der Waals surface area contributed by atoms with Crippen molar-refractivity contribution >= 4 is 43.9 Å². The molecule has 0 aliphatic rings. The lowest BCUT2D eigenvalue weighted by atomic mass is 9.89. The first-order valence-electron chi connectivity index (χ1n) is 11.3. The predicted molar refractivity (Wildman–Crippen MR) is 136 cm³/mol. The number of benzene rings is 6. The van der Waals surface area contributed by atoms with Crippen molar-refractivity contribution in [3.05, 3.63) is 107 Å². The summed E-state index contributed by atoms with van der Waals surface area (Å²) in [5, 5.41) is 6.61. The minimum atomic E-state index is -4.93. The molecule has 0 bridgehead atoms. The molecule has 0 nitrogen and oxygen atoms in total. The molecule has 0 aromatic heterocycles. The molecule has 0 aliphatic heterocycles. The Hall–Kier alpha value is -3.77. The Morgan fingerprint density at radius 2 is 1.03 bits per heavy atom. The zero-order valence-electron chi connectivity index (χ0n) is 18.8. The van der Waals surface area contributed by atoms with Gasteiger partial charge in [-0.2, -0.15) is 26.3 Å². The average molecular weight is 525 g/mol. The first-order chi connectivity index (χ1) is 17.5. The molecule has 0 saturated carbocycles. The van der Waals surface area contributed by atoms with Gasteiger partial charge in [-0.05, 0) is 73.3 Å². The van der Waals surface area contributed by atoms with Gasteiger partial charge >= 0.3 is 12.4 Å². The second-order valence-electron chi connectivity index (χ2n) is 8.96. The molecule has 0 aliphatic carbocycles. The van der Waals surface area contributed by atoms with Crippen molar-refractivity contribution in [1.82, 2.24) is 0 Å². The molecule has 184 valence electrons. The Balaban J connectivity index is 1.52. The zero-order chi connectivity index (χ0) is 26.1. The molecule has 6 aromatic carbocycles.